The van der Waals surface area contributed by atoms with Crippen LogP contribution in [0.3, 0.4) is 0 Å². The summed E-state index contributed by atoms with van der Waals surface area (Å²) in [6, 6.07) is 5.66. The monoisotopic (exact) mass is 403 g/mol. The standard InChI is InChI=1S/C19H22BrN3O2/c1-10(2)6-12(21)9-25-17-8-16-14(7-15(17)20)13-4-5-22-11(3)18(13)19(24)23-16/h4-5,7-8,10,12H,6,9,21H2,1-3H3,(H,23,24). The normalized spacial score (nSPS) is 12.9. The van der Waals surface area contributed by atoms with Crippen molar-refractivity contribution in [1.82, 2.24) is 9.97 Å². The smallest absolute Gasteiger partial charge is 0.258 e. The molecule has 1 aromatic carbocycles. The number of pyridine rings is 2. The molecule has 0 aliphatic carbocycles. The van der Waals surface area contributed by atoms with Crippen molar-refractivity contribution >= 4 is 37.6 Å². The van der Waals surface area contributed by atoms with Crippen LogP contribution in [0.5, 0.6) is 5.75 Å². The lowest BCUT2D eigenvalue weighted by Gasteiger charge is -2.16. The van der Waals surface area contributed by atoms with E-state index in [9.17, 15) is 4.79 Å². The van der Waals surface area contributed by atoms with E-state index in [0.717, 1.165) is 32.9 Å². The molecule has 0 aliphatic heterocycles. The summed E-state index contributed by atoms with van der Waals surface area (Å²) in [6.07, 6.45) is 2.62. The van der Waals surface area contributed by atoms with E-state index < -0.39 is 0 Å². The first-order valence-corrected chi connectivity index (χ1v) is 9.15. The molecule has 0 saturated carbocycles. The fourth-order valence-electron chi connectivity index (χ4n) is 3.12. The van der Waals surface area contributed by atoms with Crippen LogP contribution in [0, 0.1) is 12.8 Å². The van der Waals surface area contributed by atoms with Gasteiger partial charge in [0.2, 0.25) is 0 Å². The first kappa shape index (κ1) is 17.9. The Bertz CT molecular complexity index is 982. The maximum absolute atomic E-state index is 12.4. The maximum Gasteiger partial charge on any atom is 0.258 e. The van der Waals surface area contributed by atoms with E-state index >= 15 is 0 Å². The number of ether oxygens (including phenoxy) is 1. The highest BCUT2D eigenvalue weighted by atomic mass is 79.9. The van der Waals surface area contributed by atoms with Crippen LogP contribution in [0.2, 0.25) is 0 Å². The molecule has 0 amide bonds. The van der Waals surface area contributed by atoms with Gasteiger partial charge in [-0.25, -0.2) is 0 Å². The zero-order valence-electron chi connectivity index (χ0n) is 14.6. The van der Waals surface area contributed by atoms with Gasteiger partial charge in [-0.15, -0.1) is 0 Å². The van der Waals surface area contributed by atoms with Crippen LogP contribution in [0.1, 0.15) is 26.0 Å². The van der Waals surface area contributed by atoms with E-state index in [4.69, 9.17) is 10.5 Å². The van der Waals surface area contributed by atoms with Gasteiger partial charge >= 0.3 is 0 Å². The summed E-state index contributed by atoms with van der Waals surface area (Å²) in [4.78, 5) is 19.6. The molecule has 0 radical (unpaired) electrons. The molecule has 0 saturated heterocycles. The lowest BCUT2D eigenvalue weighted by atomic mass is 10.1. The average molecular weight is 404 g/mol. The van der Waals surface area contributed by atoms with Crippen molar-refractivity contribution in [3.63, 3.8) is 0 Å². The van der Waals surface area contributed by atoms with E-state index in [1.165, 1.54) is 0 Å². The summed E-state index contributed by atoms with van der Waals surface area (Å²) in [6.45, 7) is 6.55. The first-order chi connectivity index (χ1) is 11.9. The zero-order valence-corrected chi connectivity index (χ0v) is 16.2. The number of aromatic nitrogens is 2. The second-order valence-electron chi connectivity index (χ2n) is 6.80. The van der Waals surface area contributed by atoms with Crippen LogP contribution >= 0.6 is 15.9 Å². The molecule has 0 aliphatic rings. The number of H-pyrrole nitrogens is 1. The molecule has 25 heavy (non-hydrogen) atoms. The predicted molar refractivity (Wildman–Crippen MR) is 105 cm³/mol. The molecule has 132 valence electrons. The van der Waals surface area contributed by atoms with E-state index in [1.54, 1.807) is 6.20 Å². The van der Waals surface area contributed by atoms with Gasteiger partial charge in [0.05, 0.1) is 21.1 Å². The number of nitrogens with one attached hydrogen (secondary N) is 1. The van der Waals surface area contributed by atoms with Gasteiger partial charge in [0, 0.05) is 23.7 Å². The maximum atomic E-state index is 12.4. The predicted octanol–water partition coefficient (Wildman–Crippen LogP) is 3.90. The minimum atomic E-state index is -0.141. The van der Waals surface area contributed by atoms with Crippen LogP contribution in [0.4, 0.5) is 0 Å². The number of aromatic amines is 1. The minimum Gasteiger partial charge on any atom is -0.491 e. The van der Waals surface area contributed by atoms with Gasteiger partial charge in [-0.05, 0) is 52.7 Å². The molecule has 5 nitrogen and oxygen atoms in total. The van der Waals surface area contributed by atoms with E-state index in [1.807, 2.05) is 25.1 Å². The third-order valence-corrected chi connectivity index (χ3v) is 4.82. The van der Waals surface area contributed by atoms with Crippen LogP contribution in [0.15, 0.2) is 33.7 Å². The number of hydrogen-bond acceptors (Lipinski definition) is 4. The Morgan fingerprint density at radius 1 is 1.32 bits per heavy atom. The average Bonchev–Trinajstić information content (AvgIpc) is 2.53. The number of benzene rings is 1. The molecule has 6 heteroatoms. The first-order valence-electron chi connectivity index (χ1n) is 8.36. The van der Waals surface area contributed by atoms with E-state index in [2.05, 4.69) is 39.7 Å². The summed E-state index contributed by atoms with van der Waals surface area (Å²) >= 11 is 3.57. The van der Waals surface area contributed by atoms with Gasteiger partial charge in [-0.2, -0.15) is 0 Å². The van der Waals surface area contributed by atoms with Crippen LogP contribution < -0.4 is 16.0 Å². The van der Waals surface area contributed by atoms with E-state index in [0.29, 0.717) is 23.7 Å². The van der Waals surface area contributed by atoms with E-state index in [-0.39, 0.29) is 11.6 Å². The minimum absolute atomic E-state index is 0.0213. The summed E-state index contributed by atoms with van der Waals surface area (Å²) in [5.41, 5.74) is 7.41. The summed E-state index contributed by atoms with van der Waals surface area (Å²) in [5, 5.41) is 2.45. The molecular formula is C19H22BrN3O2. The highest BCUT2D eigenvalue weighted by Gasteiger charge is 2.13. The van der Waals surface area contributed by atoms with Crippen molar-refractivity contribution in [3.8, 4) is 5.75 Å². The Morgan fingerprint density at radius 2 is 2.08 bits per heavy atom. The number of fused-ring (bicyclic) bond motifs is 3. The van der Waals surface area contributed by atoms with Gasteiger partial charge in [0.15, 0.2) is 0 Å². The van der Waals surface area contributed by atoms with Crippen LogP contribution in [0.25, 0.3) is 21.7 Å². The van der Waals surface area contributed by atoms with Crippen molar-refractivity contribution in [2.24, 2.45) is 11.7 Å². The lowest BCUT2D eigenvalue weighted by molar-refractivity contribution is 0.270. The number of rotatable bonds is 5. The number of hydrogen-bond donors (Lipinski definition) is 2. The van der Waals surface area contributed by atoms with Crippen molar-refractivity contribution in [2.75, 3.05) is 6.61 Å². The Hall–Kier alpha value is -1.92. The summed E-state index contributed by atoms with van der Waals surface area (Å²) in [7, 11) is 0. The second kappa shape index (κ2) is 7.14. The molecule has 0 fully saturated rings. The Kier molecular flexibility index (Phi) is 5.11. The molecule has 3 N–H and O–H groups in total. The highest BCUT2D eigenvalue weighted by Crippen LogP contribution is 2.32. The molecule has 1 unspecified atom stereocenters. The Morgan fingerprint density at radius 3 is 2.80 bits per heavy atom. The molecule has 2 aromatic heterocycles. The Balaban J connectivity index is 2.02. The molecule has 0 bridgehead atoms. The molecule has 1 atom stereocenters. The van der Waals surface area contributed by atoms with Crippen LogP contribution in [-0.2, 0) is 0 Å². The SMILES string of the molecule is Cc1nccc2c1c(=O)[nH]c1cc(OCC(N)CC(C)C)c(Br)cc12. The highest BCUT2D eigenvalue weighted by molar-refractivity contribution is 9.10. The van der Waals surface area contributed by atoms with Gasteiger partial charge in [0.1, 0.15) is 12.4 Å². The molecule has 3 aromatic rings. The lowest BCUT2D eigenvalue weighted by Crippen LogP contribution is -2.29. The molecular weight excluding hydrogens is 382 g/mol. The molecule has 3 rings (SSSR count). The summed E-state index contributed by atoms with van der Waals surface area (Å²) < 4.78 is 6.71. The fourth-order valence-corrected chi connectivity index (χ4v) is 3.58. The van der Waals surface area contributed by atoms with Crippen molar-refractivity contribution in [1.29, 1.82) is 0 Å². The largest absolute Gasteiger partial charge is 0.491 e. The van der Waals surface area contributed by atoms with Gasteiger partial charge in [-0.3, -0.25) is 9.78 Å². The molecule has 2 heterocycles. The number of nitrogens with zero attached hydrogens (tertiary/aromatic N) is 1. The summed E-state index contributed by atoms with van der Waals surface area (Å²) in [5.74, 6) is 1.20. The third-order valence-electron chi connectivity index (χ3n) is 4.21. The number of halogens is 1. The second-order valence-corrected chi connectivity index (χ2v) is 7.66. The fraction of sp³-hybridized carbons (Fsp3) is 0.368. The van der Waals surface area contributed by atoms with Gasteiger partial charge in [-0.1, -0.05) is 13.8 Å². The number of nitrogens with two attached hydrogens (primary N) is 1. The van der Waals surface area contributed by atoms with Crippen molar-refractivity contribution in [3.05, 3.63) is 44.9 Å². The van der Waals surface area contributed by atoms with Crippen molar-refractivity contribution in [2.45, 2.75) is 33.2 Å². The van der Waals surface area contributed by atoms with Gasteiger partial charge < -0.3 is 15.5 Å². The van der Waals surface area contributed by atoms with Crippen LogP contribution in [-0.4, -0.2) is 22.6 Å². The zero-order chi connectivity index (χ0) is 18.1. The van der Waals surface area contributed by atoms with Crippen molar-refractivity contribution < 1.29 is 4.74 Å². The third kappa shape index (κ3) is 3.70. The quantitative estimate of drug-likeness (QED) is 0.632. The Labute approximate surface area is 154 Å². The van der Waals surface area contributed by atoms with Gasteiger partial charge in [0.25, 0.3) is 5.56 Å². The molecule has 0 spiro atoms. The number of aryl methyl sites for hydroxylation is 1. The topological polar surface area (TPSA) is 81.0 Å².